The van der Waals surface area contributed by atoms with Crippen LogP contribution in [0.15, 0.2) is 36.4 Å². The Bertz CT molecular complexity index is 899. The van der Waals surface area contributed by atoms with E-state index in [9.17, 15) is 0 Å². The highest BCUT2D eigenvalue weighted by atomic mass is 14.3. The van der Waals surface area contributed by atoms with Gasteiger partial charge in [0, 0.05) is 5.92 Å². The van der Waals surface area contributed by atoms with Crippen LogP contribution in [-0.2, 0) is 21.7 Å². The Labute approximate surface area is 193 Å². The molecule has 0 N–H and O–H groups in total. The first-order chi connectivity index (χ1) is 13.9. The molecular formula is C31H48. The van der Waals surface area contributed by atoms with E-state index in [-0.39, 0.29) is 21.7 Å². The summed E-state index contributed by atoms with van der Waals surface area (Å²) < 4.78 is 0. The molecule has 2 aromatic carbocycles. The highest BCUT2D eigenvalue weighted by Crippen LogP contribution is 2.41. The molecule has 0 aliphatic rings. The van der Waals surface area contributed by atoms with Gasteiger partial charge in [0.2, 0.25) is 0 Å². The van der Waals surface area contributed by atoms with Gasteiger partial charge >= 0.3 is 0 Å². The molecule has 0 saturated carbocycles. The normalized spacial score (nSPS) is 14.6. The van der Waals surface area contributed by atoms with Gasteiger partial charge in [-0.05, 0) is 61.5 Å². The first kappa shape index (κ1) is 25.7. The van der Waals surface area contributed by atoms with Gasteiger partial charge in [-0.15, -0.1) is 0 Å². The summed E-state index contributed by atoms with van der Waals surface area (Å²) in [5.74, 6) is 0.409. The van der Waals surface area contributed by atoms with Crippen molar-refractivity contribution in [2.45, 2.75) is 124 Å². The van der Waals surface area contributed by atoms with Gasteiger partial charge in [-0.1, -0.05) is 126 Å². The Morgan fingerprint density at radius 3 is 1.45 bits per heavy atom. The van der Waals surface area contributed by atoms with Crippen molar-refractivity contribution in [3.8, 4) is 0 Å². The number of rotatable bonds is 3. The monoisotopic (exact) mass is 420 g/mol. The van der Waals surface area contributed by atoms with Crippen LogP contribution in [0.2, 0.25) is 0 Å². The molecule has 0 aliphatic heterocycles. The van der Waals surface area contributed by atoms with Crippen molar-refractivity contribution >= 4 is 0 Å². The molecule has 0 fully saturated rings. The maximum absolute atomic E-state index is 2.52. The predicted molar refractivity (Wildman–Crippen MR) is 140 cm³/mol. The molecule has 0 spiro atoms. The average molecular weight is 421 g/mol. The van der Waals surface area contributed by atoms with Crippen LogP contribution < -0.4 is 0 Å². The molecule has 0 aliphatic carbocycles. The van der Waals surface area contributed by atoms with Gasteiger partial charge < -0.3 is 0 Å². The van der Waals surface area contributed by atoms with Crippen LogP contribution in [-0.4, -0.2) is 0 Å². The van der Waals surface area contributed by atoms with E-state index in [1.807, 2.05) is 0 Å². The van der Waals surface area contributed by atoms with Crippen molar-refractivity contribution in [1.82, 2.24) is 0 Å². The van der Waals surface area contributed by atoms with Crippen molar-refractivity contribution in [2.24, 2.45) is 0 Å². The zero-order valence-corrected chi connectivity index (χ0v) is 22.7. The van der Waals surface area contributed by atoms with Crippen LogP contribution in [0, 0.1) is 0 Å². The molecule has 2 aromatic rings. The van der Waals surface area contributed by atoms with E-state index in [1.165, 1.54) is 33.4 Å². The molecular weight excluding hydrogens is 372 g/mol. The van der Waals surface area contributed by atoms with E-state index in [0.29, 0.717) is 5.92 Å². The van der Waals surface area contributed by atoms with Crippen LogP contribution in [0.1, 0.15) is 136 Å². The van der Waals surface area contributed by atoms with Crippen molar-refractivity contribution in [2.75, 3.05) is 0 Å². The molecule has 0 saturated heterocycles. The summed E-state index contributed by atoms with van der Waals surface area (Å²) in [4.78, 5) is 0. The van der Waals surface area contributed by atoms with Gasteiger partial charge in [-0.25, -0.2) is 0 Å². The summed E-state index contributed by atoms with van der Waals surface area (Å²) in [6, 6.07) is 14.6. The lowest BCUT2D eigenvalue weighted by Crippen LogP contribution is -2.23. The fourth-order valence-electron chi connectivity index (χ4n) is 4.69. The van der Waals surface area contributed by atoms with Crippen molar-refractivity contribution in [3.63, 3.8) is 0 Å². The molecule has 0 heterocycles. The summed E-state index contributed by atoms with van der Waals surface area (Å²) in [5, 5.41) is 0. The first-order valence-corrected chi connectivity index (χ1v) is 12.2. The number of hydrogen-bond donors (Lipinski definition) is 0. The fraction of sp³-hybridized carbons (Fsp3) is 0.613. The molecule has 31 heavy (non-hydrogen) atoms. The van der Waals surface area contributed by atoms with Crippen LogP contribution >= 0.6 is 0 Å². The van der Waals surface area contributed by atoms with Crippen molar-refractivity contribution in [3.05, 3.63) is 69.8 Å². The Morgan fingerprint density at radius 2 is 1.03 bits per heavy atom. The SMILES string of the molecule is CCC(c1ccc(C(C)(C)C)c(C(C)(C)C)c1)c1cc(C(C)(C)C)ccc1C(C)(C)C. The van der Waals surface area contributed by atoms with Gasteiger partial charge in [-0.3, -0.25) is 0 Å². The van der Waals surface area contributed by atoms with Crippen molar-refractivity contribution < 1.29 is 0 Å². The third kappa shape index (κ3) is 5.82. The molecule has 1 unspecified atom stereocenters. The van der Waals surface area contributed by atoms with E-state index in [0.717, 1.165) is 6.42 Å². The van der Waals surface area contributed by atoms with Crippen molar-refractivity contribution in [1.29, 1.82) is 0 Å². The van der Waals surface area contributed by atoms with E-state index < -0.39 is 0 Å². The quantitative estimate of drug-likeness (QED) is 0.464. The molecule has 0 heteroatoms. The molecule has 0 aromatic heterocycles. The van der Waals surface area contributed by atoms with E-state index in [2.05, 4.69) is 126 Å². The lowest BCUT2D eigenvalue weighted by atomic mass is 9.71. The fourth-order valence-corrected chi connectivity index (χ4v) is 4.69. The van der Waals surface area contributed by atoms with E-state index in [4.69, 9.17) is 0 Å². The number of benzene rings is 2. The highest BCUT2D eigenvalue weighted by Gasteiger charge is 2.29. The topological polar surface area (TPSA) is 0 Å². The zero-order valence-electron chi connectivity index (χ0n) is 22.7. The van der Waals surface area contributed by atoms with E-state index in [1.54, 1.807) is 0 Å². The smallest absolute Gasteiger partial charge is 0.00898 e. The third-order valence-electron chi connectivity index (χ3n) is 6.57. The molecule has 172 valence electrons. The molecule has 1 atom stereocenters. The largest absolute Gasteiger partial charge is 0.0645 e. The standard InChI is InChI=1S/C31H48/c1-14-23(21-15-17-26(30(8,9)10)27(19-21)31(11,12)13)24-20-22(28(2,3)4)16-18-25(24)29(5,6)7/h15-20,23H,14H2,1-13H3. The lowest BCUT2D eigenvalue weighted by molar-refractivity contribution is 0.528. The van der Waals surface area contributed by atoms with Gasteiger partial charge in [-0.2, -0.15) is 0 Å². The van der Waals surface area contributed by atoms with Gasteiger partial charge in [0.05, 0.1) is 0 Å². The summed E-state index contributed by atoms with van der Waals surface area (Å²) in [5.41, 5.74) is 9.36. The lowest BCUT2D eigenvalue weighted by Gasteiger charge is -2.33. The Balaban J connectivity index is 2.79. The van der Waals surface area contributed by atoms with Gasteiger partial charge in [0.1, 0.15) is 0 Å². The van der Waals surface area contributed by atoms with Gasteiger partial charge in [0.15, 0.2) is 0 Å². The minimum Gasteiger partial charge on any atom is -0.0645 e. The second-order valence-electron chi connectivity index (χ2n) is 13.6. The van der Waals surface area contributed by atoms with E-state index >= 15 is 0 Å². The van der Waals surface area contributed by atoms with Crippen LogP contribution in [0.3, 0.4) is 0 Å². The maximum atomic E-state index is 2.52. The molecule has 0 amide bonds. The average Bonchev–Trinajstić information content (AvgIpc) is 2.59. The van der Waals surface area contributed by atoms with Crippen LogP contribution in [0.25, 0.3) is 0 Å². The Hall–Kier alpha value is -1.56. The predicted octanol–water partition coefficient (Wildman–Crippen LogP) is 9.42. The molecule has 0 bridgehead atoms. The summed E-state index contributed by atoms with van der Waals surface area (Å²) >= 11 is 0. The highest BCUT2D eigenvalue weighted by molar-refractivity contribution is 5.48. The minimum absolute atomic E-state index is 0.122. The molecule has 2 rings (SSSR count). The minimum atomic E-state index is 0.122. The second kappa shape index (κ2) is 8.42. The molecule has 0 nitrogen and oxygen atoms in total. The van der Waals surface area contributed by atoms with Crippen LogP contribution in [0.4, 0.5) is 0 Å². The summed E-state index contributed by atoms with van der Waals surface area (Å²) in [6.07, 6.45) is 1.11. The van der Waals surface area contributed by atoms with Gasteiger partial charge in [0.25, 0.3) is 0 Å². The second-order valence-corrected chi connectivity index (χ2v) is 13.6. The third-order valence-corrected chi connectivity index (χ3v) is 6.57. The summed E-state index contributed by atoms with van der Waals surface area (Å²) in [7, 11) is 0. The zero-order chi connectivity index (χ0) is 24.0. The Kier molecular flexibility index (Phi) is 6.98. The molecule has 0 radical (unpaired) electrons. The number of hydrogen-bond acceptors (Lipinski definition) is 0. The maximum Gasteiger partial charge on any atom is 0.00898 e. The Morgan fingerprint density at radius 1 is 0.548 bits per heavy atom. The summed E-state index contributed by atoms with van der Waals surface area (Å²) in [6.45, 7) is 30.4. The first-order valence-electron chi connectivity index (χ1n) is 12.2. The van der Waals surface area contributed by atoms with Crippen LogP contribution in [0.5, 0.6) is 0 Å².